The number of ketones is 1. The van der Waals surface area contributed by atoms with E-state index in [1.54, 1.807) is 0 Å². The number of Topliss-reactive ketones (excluding diaryl/α,β-unsaturated/α-hetero) is 1. The number of hydrogen-bond donors (Lipinski definition) is 1. The van der Waals surface area contributed by atoms with Crippen LogP contribution in [0.1, 0.15) is 40.3 Å². The topological polar surface area (TPSA) is 76.9 Å². The first-order valence-electron chi connectivity index (χ1n) is 7.53. The predicted molar refractivity (Wildman–Crippen MR) is 82.1 cm³/mol. The fourth-order valence-corrected chi connectivity index (χ4v) is 4.10. The molecule has 3 heterocycles. The van der Waals surface area contributed by atoms with E-state index < -0.39 is 0 Å². The number of imidazole rings is 1. The molecule has 0 radical (unpaired) electrons. The highest BCUT2D eigenvalue weighted by Gasteiger charge is 2.27. The average molecular weight is 316 g/mol. The summed E-state index contributed by atoms with van der Waals surface area (Å²) in [6.07, 6.45) is 7.42. The van der Waals surface area contributed by atoms with Gasteiger partial charge in [0.2, 0.25) is 5.91 Å². The van der Waals surface area contributed by atoms with Gasteiger partial charge < -0.3 is 9.88 Å². The zero-order valence-electron chi connectivity index (χ0n) is 12.0. The van der Waals surface area contributed by atoms with Crippen molar-refractivity contribution in [1.82, 2.24) is 14.5 Å². The summed E-state index contributed by atoms with van der Waals surface area (Å²) in [5.41, 5.74) is 1.94. The SMILES string of the molecule is O=C1CCCc2nc(NC(=O)C3CCn4cncc4C3)sc21. The number of carbonyl (C=O) groups is 2. The molecule has 2 aromatic heterocycles. The Bertz CT molecular complexity index is 749. The van der Waals surface area contributed by atoms with Crippen LogP contribution in [0.2, 0.25) is 0 Å². The number of aromatic nitrogens is 3. The molecule has 4 rings (SSSR count). The third-order valence-corrected chi connectivity index (χ3v) is 5.40. The Morgan fingerprint density at radius 1 is 1.41 bits per heavy atom. The van der Waals surface area contributed by atoms with E-state index in [0.29, 0.717) is 18.0 Å². The zero-order valence-corrected chi connectivity index (χ0v) is 12.9. The second kappa shape index (κ2) is 5.31. The highest BCUT2D eigenvalue weighted by Crippen LogP contribution is 2.30. The van der Waals surface area contributed by atoms with Crippen LogP contribution in [0, 0.1) is 5.92 Å². The Morgan fingerprint density at radius 2 is 2.32 bits per heavy atom. The van der Waals surface area contributed by atoms with Crippen molar-refractivity contribution in [2.75, 3.05) is 5.32 Å². The van der Waals surface area contributed by atoms with E-state index in [1.807, 2.05) is 12.5 Å². The first-order chi connectivity index (χ1) is 10.7. The molecule has 7 heteroatoms. The largest absolute Gasteiger partial charge is 0.335 e. The highest BCUT2D eigenvalue weighted by atomic mass is 32.1. The zero-order chi connectivity index (χ0) is 15.1. The van der Waals surface area contributed by atoms with Gasteiger partial charge in [-0.3, -0.25) is 9.59 Å². The quantitative estimate of drug-likeness (QED) is 0.920. The third kappa shape index (κ3) is 2.35. The van der Waals surface area contributed by atoms with Gasteiger partial charge >= 0.3 is 0 Å². The summed E-state index contributed by atoms with van der Waals surface area (Å²) in [5.74, 6) is 0.0904. The van der Waals surface area contributed by atoms with Crippen molar-refractivity contribution in [1.29, 1.82) is 0 Å². The van der Waals surface area contributed by atoms with E-state index in [4.69, 9.17) is 0 Å². The molecule has 114 valence electrons. The van der Waals surface area contributed by atoms with Crippen molar-refractivity contribution < 1.29 is 9.59 Å². The summed E-state index contributed by atoms with van der Waals surface area (Å²) < 4.78 is 2.09. The second-order valence-corrected chi connectivity index (χ2v) is 6.83. The lowest BCUT2D eigenvalue weighted by Gasteiger charge is -2.22. The molecular weight excluding hydrogens is 300 g/mol. The van der Waals surface area contributed by atoms with E-state index in [9.17, 15) is 9.59 Å². The van der Waals surface area contributed by atoms with Crippen LogP contribution in [0.4, 0.5) is 5.13 Å². The number of anilines is 1. The summed E-state index contributed by atoms with van der Waals surface area (Å²) in [4.78, 5) is 33.5. The minimum atomic E-state index is -0.0548. The lowest BCUT2D eigenvalue weighted by molar-refractivity contribution is -0.120. The number of thiazole rings is 1. The molecule has 0 saturated heterocycles. The van der Waals surface area contributed by atoms with Crippen molar-refractivity contribution in [3.63, 3.8) is 0 Å². The average Bonchev–Trinajstić information content (AvgIpc) is 3.13. The van der Waals surface area contributed by atoms with Crippen molar-refractivity contribution in [3.8, 4) is 0 Å². The van der Waals surface area contributed by atoms with E-state index in [2.05, 4.69) is 19.9 Å². The van der Waals surface area contributed by atoms with Gasteiger partial charge in [-0.2, -0.15) is 0 Å². The number of carbonyl (C=O) groups excluding carboxylic acids is 2. The summed E-state index contributed by atoms with van der Waals surface area (Å²) in [5, 5.41) is 3.46. The van der Waals surface area contributed by atoms with E-state index in [0.717, 1.165) is 42.1 Å². The number of amides is 1. The summed E-state index contributed by atoms with van der Waals surface area (Å²) in [7, 11) is 0. The number of nitrogens with one attached hydrogen (secondary N) is 1. The van der Waals surface area contributed by atoms with Gasteiger partial charge in [0.05, 0.1) is 16.9 Å². The highest BCUT2D eigenvalue weighted by molar-refractivity contribution is 7.17. The number of aryl methyl sites for hydroxylation is 2. The van der Waals surface area contributed by atoms with E-state index in [1.165, 1.54) is 11.3 Å². The number of hydrogen-bond acceptors (Lipinski definition) is 5. The van der Waals surface area contributed by atoms with Gasteiger partial charge in [0, 0.05) is 37.2 Å². The number of rotatable bonds is 2. The molecule has 0 spiro atoms. The van der Waals surface area contributed by atoms with Crippen LogP contribution in [0.5, 0.6) is 0 Å². The first kappa shape index (κ1) is 13.6. The minimum absolute atomic E-state index is 0.00834. The molecule has 6 nitrogen and oxygen atoms in total. The molecule has 0 aromatic carbocycles. The molecule has 0 bridgehead atoms. The Labute approximate surface area is 131 Å². The molecule has 22 heavy (non-hydrogen) atoms. The molecule has 1 atom stereocenters. The second-order valence-electron chi connectivity index (χ2n) is 5.83. The third-order valence-electron chi connectivity index (χ3n) is 4.34. The fraction of sp³-hybridized carbons (Fsp3) is 0.467. The number of nitrogens with zero attached hydrogens (tertiary/aromatic N) is 3. The monoisotopic (exact) mass is 316 g/mol. The van der Waals surface area contributed by atoms with E-state index in [-0.39, 0.29) is 17.6 Å². The van der Waals surface area contributed by atoms with Crippen molar-refractivity contribution in [2.24, 2.45) is 5.92 Å². The van der Waals surface area contributed by atoms with E-state index >= 15 is 0 Å². The molecule has 1 aliphatic carbocycles. The first-order valence-corrected chi connectivity index (χ1v) is 8.35. The molecular formula is C15H16N4O2S. The van der Waals surface area contributed by atoms with Gasteiger partial charge in [0.15, 0.2) is 10.9 Å². The van der Waals surface area contributed by atoms with Gasteiger partial charge in [0.1, 0.15) is 0 Å². The molecule has 2 aromatic rings. The van der Waals surface area contributed by atoms with Crippen LogP contribution in [-0.2, 0) is 24.2 Å². The summed E-state index contributed by atoms with van der Waals surface area (Å²) >= 11 is 1.31. The number of fused-ring (bicyclic) bond motifs is 2. The Hall–Kier alpha value is -2.02. The standard InChI is InChI=1S/C15H16N4O2S/c20-12-3-1-2-11-13(12)22-15(17-11)18-14(21)9-4-5-19-8-16-7-10(19)6-9/h7-9H,1-6H2,(H,17,18,21). The maximum Gasteiger partial charge on any atom is 0.229 e. The molecule has 1 N–H and O–H groups in total. The Kier molecular flexibility index (Phi) is 3.29. The van der Waals surface area contributed by atoms with Gasteiger partial charge in [-0.25, -0.2) is 9.97 Å². The molecule has 0 fully saturated rings. The van der Waals surface area contributed by atoms with Crippen molar-refractivity contribution >= 4 is 28.2 Å². The van der Waals surface area contributed by atoms with Gasteiger partial charge in [-0.05, 0) is 19.3 Å². The molecule has 1 aliphatic heterocycles. The minimum Gasteiger partial charge on any atom is -0.335 e. The molecule has 1 amide bonds. The summed E-state index contributed by atoms with van der Waals surface area (Å²) in [6, 6.07) is 0. The molecule has 1 unspecified atom stereocenters. The van der Waals surface area contributed by atoms with Crippen LogP contribution < -0.4 is 5.32 Å². The van der Waals surface area contributed by atoms with Crippen LogP contribution in [-0.4, -0.2) is 26.2 Å². The van der Waals surface area contributed by atoms with Gasteiger partial charge in [-0.1, -0.05) is 11.3 Å². The summed E-state index contributed by atoms with van der Waals surface area (Å²) in [6.45, 7) is 0.820. The van der Waals surface area contributed by atoms with Crippen LogP contribution >= 0.6 is 11.3 Å². The lowest BCUT2D eigenvalue weighted by Crippen LogP contribution is -2.29. The molecule has 0 saturated carbocycles. The van der Waals surface area contributed by atoms with Crippen LogP contribution in [0.25, 0.3) is 0 Å². The predicted octanol–water partition coefficient (Wildman–Crippen LogP) is 2.06. The van der Waals surface area contributed by atoms with Crippen LogP contribution in [0.3, 0.4) is 0 Å². The maximum atomic E-state index is 12.4. The van der Waals surface area contributed by atoms with Crippen LogP contribution in [0.15, 0.2) is 12.5 Å². The van der Waals surface area contributed by atoms with Crippen molar-refractivity contribution in [2.45, 2.75) is 38.6 Å². The smallest absolute Gasteiger partial charge is 0.229 e. The maximum absolute atomic E-state index is 12.4. The molecule has 2 aliphatic rings. The Balaban J connectivity index is 1.48. The van der Waals surface area contributed by atoms with Gasteiger partial charge in [-0.15, -0.1) is 0 Å². The lowest BCUT2D eigenvalue weighted by atomic mass is 9.95. The Morgan fingerprint density at radius 3 is 3.18 bits per heavy atom. The van der Waals surface area contributed by atoms with Crippen molar-refractivity contribution in [3.05, 3.63) is 28.8 Å². The van der Waals surface area contributed by atoms with Gasteiger partial charge in [0.25, 0.3) is 0 Å². The normalized spacial score (nSPS) is 20.4. The fourth-order valence-electron chi connectivity index (χ4n) is 3.12.